The number of carbonyl (C=O) groups is 1. The number of hydrogen-bond donors (Lipinski definition) is 1. The van der Waals surface area contributed by atoms with E-state index in [1.807, 2.05) is 6.92 Å². The fraction of sp³-hybridized carbons (Fsp3) is 0.458. The molecular formula is C24H29BrN4O2. The van der Waals surface area contributed by atoms with Gasteiger partial charge in [0.15, 0.2) is 5.65 Å². The Morgan fingerprint density at radius 3 is 2.29 bits per heavy atom. The average Bonchev–Trinajstić information content (AvgIpc) is 2.92. The minimum absolute atomic E-state index is 0.243. The van der Waals surface area contributed by atoms with Crippen molar-refractivity contribution >= 4 is 38.8 Å². The third-order valence-corrected chi connectivity index (χ3v) is 6.96. The number of nitrogens with zero attached hydrogens (tertiary/aromatic N) is 4. The van der Waals surface area contributed by atoms with Gasteiger partial charge in [-0.3, -0.25) is 9.36 Å². The van der Waals surface area contributed by atoms with Crippen LogP contribution in [0, 0.1) is 40.5 Å². The Morgan fingerprint density at radius 2 is 1.71 bits per heavy atom. The molecule has 2 aromatic heterocycles. The number of aliphatic carboxylic acids is 1. The molecule has 7 heteroatoms. The molecule has 0 radical (unpaired) electrons. The first-order chi connectivity index (χ1) is 14.7. The van der Waals surface area contributed by atoms with Gasteiger partial charge in [0.05, 0.1) is 11.1 Å². The summed E-state index contributed by atoms with van der Waals surface area (Å²) in [5.74, 6) is 1.26. The zero-order chi connectivity index (χ0) is 22.4. The topological polar surface area (TPSA) is 71.2 Å². The van der Waals surface area contributed by atoms with Crippen molar-refractivity contribution in [2.24, 2.45) is 5.92 Å². The van der Waals surface area contributed by atoms with Crippen molar-refractivity contribution < 1.29 is 9.90 Å². The van der Waals surface area contributed by atoms with Gasteiger partial charge in [-0.05, 0) is 82.2 Å². The number of benzene rings is 1. The van der Waals surface area contributed by atoms with E-state index in [2.05, 4.69) is 65.2 Å². The van der Waals surface area contributed by atoms with E-state index >= 15 is 0 Å². The summed E-state index contributed by atoms with van der Waals surface area (Å²) in [4.78, 5) is 23.1. The largest absolute Gasteiger partial charge is 0.481 e. The second kappa shape index (κ2) is 8.26. The summed E-state index contributed by atoms with van der Waals surface area (Å²) in [7, 11) is 0. The van der Waals surface area contributed by atoms with Crippen LogP contribution in [0.3, 0.4) is 0 Å². The molecule has 6 nitrogen and oxygen atoms in total. The molecule has 3 aromatic rings. The molecule has 3 heterocycles. The van der Waals surface area contributed by atoms with Crippen LogP contribution in [0.2, 0.25) is 0 Å². The Hall–Kier alpha value is -2.41. The first-order valence-electron chi connectivity index (χ1n) is 10.8. The van der Waals surface area contributed by atoms with Crippen molar-refractivity contribution in [3.05, 3.63) is 44.8 Å². The first kappa shape index (κ1) is 21.8. The predicted molar refractivity (Wildman–Crippen MR) is 127 cm³/mol. The Morgan fingerprint density at radius 1 is 1.10 bits per heavy atom. The van der Waals surface area contributed by atoms with Crippen LogP contribution >= 0.6 is 15.9 Å². The van der Waals surface area contributed by atoms with Gasteiger partial charge in [-0.2, -0.15) is 0 Å². The molecular weight excluding hydrogens is 456 g/mol. The highest BCUT2D eigenvalue weighted by Gasteiger charge is 2.27. The summed E-state index contributed by atoms with van der Waals surface area (Å²) < 4.78 is 3.35. The lowest BCUT2D eigenvalue weighted by molar-refractivity contribution is -0.138. The van der Waals surface area contributed by atoms with E-state index in [0.717, 1.165) is 53.1 Å². The second-order valence-electron chi connectivity index (χ2n) is 8.76. The van der Waals surface area contributed by atoms with Crippen molar-refractivity contribution in [2.75, 3.05) is 18.0 Å². The Kier molecular flexibility index (Phi) is 5.81. The molecule has 0 unspecified atom stereocenters. The summed E-state index contributed by atoms with van der Waals surface area (Å²) in [6.45, 7) is 12.2. The Bertz CT molecular complexity index is 1150. The molecule has 0 spiro atoms. The van der Waals surface area contributed by atoms with Gasteiger partial charge in [0.2, 0.25) is 0 Å². The molecule has 0 aliphatic carbocycles. The number of hydrogen-bond acceptors (Lipinski definition) is 4. The van der Waals surface area contributed by atoms with Crippen molar-refractivity contribution in [1.82, 2.24) is 14.5 Å². The molecule has 0 atom stereocenters. The van der Waals surface area contributed by atoms with Crippen LogP contribution in [0.4, 0.5) is 5.82 Å². The quantitative estimate of drug-likeness (QED) is 0.535. The molecule has 4 rings (SSSR count). The maximum absolute atomic E-state index is 11.1. The number of fused-ring (bicyclic) bond motifs is 1. The highest BCUT2D eigenvalue weighted by molar-refractivity contribution is 9.10. The van der Waals surface area contributed by atoms with E-state index in [9.17, 15) is 4.79 Å². The number of aryl methyl sites for hydroxylation is 4. The molecule has 0 bridgehead atoms. The SMILES string of the molecule is Cc1nc(N2CCC(CC(=O)O)CC2)c2c(C)c(C)n(-c3c(C)cc(Br)cc3C)c2n1. The van der Waals surface area contributed by atoms with E-state index in [-0.39, 0.29) is 12.3 Å². The van der Waals surface area contributed by atoms with Crippen molar-refractivity contribution in [3.8, 4) is 5.69 Å². The lowest BCUT2D eigenvalue weighted by Gasteiger charge is -2.32. The molecule has 1 fully saturated rings. The van der Waals surface area contributed by atoms with Gasteiger partial charge in [0, 0.05) is 29.7 Å². The van der Waals surface area contributed by atoms with E-state index in [1.165, 1.54) is 28.1 Å². The smallest absolute Gasteiger partial charge is 0.303 e. The fourth-order valence-electron chi connectivity index (χ4n) is 4.90. The Balaban J connectivity index is 1.84. The van der Waals surface area contributed by atoms with E-state index in [4.69, 9.17) is 15.1 Å². The number of aromatic nitrogens is 3. The molecule has 1 aliphatic heterocycles. The third-order valence-electron chi connectivity index (χ3n) is 6.50. The highest BCUT2D eigenvalue weighted by atomic mass is 79.9. The number of anilines is 1. The van der Waals surface area contributed by atoms with E-state index in [1.54, 1.807) is 0 Å². The number of rotatable bonds is 4. The molecule has 1 N–H and O–H groups in total. The lowest BCUT2D eigenvalue weighted by Crippen LogP contribution is -2.35. The second-order valence-corrected chi connectivity index (χ2v) is 9.67. The summed E-state index contributed by atoms with van der Waals surface area (Å²) >= 11 is 3.61. The Labute approximate surface area is 191 Å². The standard InChI is InChI=1S/C24H29BrN4O2/c1-13-10-19(25)11-14(2)22(13)29-16(4)15(3)21-23(26-17(5)27-24(21)29)28-8-6-18(7-9-28)12-20(30)31/h10-11,18H,6-9,12H2,1-5H3,(H,30,31). The first-order valence-corrected chi connectivity index (χ1v) is 11.6. The molecule has 1 aliphatic rings. The molecule has 164 valence electrons. The summed E-state index contributed by atoms with van der Waals surface area (Å²) in [5, 5.41) is 10.2. The maximum atomic E-state index is 11.1. The van der Waals surface area contributed by atoms with Gasteiger partial charge in [-0.1, -0.05) is 15.9 Å². The minimum Gasteiger partial charge on any atom is -0.481 e. The number of carboxylic acid groups (broad SMARTS) is 1. The van der Waals surface area contributed by atoms with Crippen molar-refractivity contribution in [1.29, 1.82) is 0 Å². The van der Waals surface area contributed by atoms with Gasteiger partial charge in [-0.25, -0.2) is 9.97 Å². The fourth-order valence-corrected chi connectivity index (χ4v) is 5.59. The van der Waals surface area contributed by atoms with E-state index in [0.29, 0.717) is 0 Å². The van der Waals surface area contributed by atoms with Gasteiger partial charge >= 0.3 is 5.97 Å². The zero-order valence-corrected chi connectivity index (χ0v) is 20.4. The van der Waals surface area contributed by atoms with Crippen molar-refractivity contribution in [3.63, 3.8) is 0 Å². The van der Waals surface area contributed by atoms with Crippen LogP contribution in [0.5, 0.6) is 0 Å². The summed E-state index contributed by atoms with van der Waals surface area (Å²) in [5.41, 5.74) is 6.87. The maximum Gasteiger partial charge on any atom is 0.303 e. The third kappa shape index (κ3) is 3.95. The van der Waals surface area contributed by atoms with Crippen LogP contribution < -0.4 is 4.90 Å². The monoisotopic (exact) mass is 484 g/mol. The van der Waals surface area contributed by atoms with Crippen LogP contribution in [-0.4, -0.2) is 38.7 Å². The van der Waals surface area contributed by atoms with Gasteiger partial charge in [0.1, 0.15) is 11.6 Å². The van der Waals surface area contributed by atoms with Crippen molar-refractivity contribution in [2.45, 2.75) is 53.9 Å². The van der Waals surface area contributed by atoms with E-state index < -0.39 is 5.97 Å². The molecule has 31 heavy (non-hydrogen) atoms. The number of carboxylic acids is 1. The van der Waals surface area contributed by atoms with Crippen LogP contribution in [0.15, 0.2) is 16.6 Å². The zero-order valence-electron chi connectivity index (χ0n) is 18.8. The molecule has 1 aromatic carbocycles. The highest BCUT2D eigenvalue weighted by Crippen LogP contribution is 2.37. The molecule has 1 saturated heterocycles. The predicted octanol–water partition coefficient (Wildman–Crippen LogP) is 5.42. The summed E-state index contributed by atoms with van der Waals surface area (Å²) in [6, 6.07) is 4.29. The van der Waals surface area contributed by atoms with Gasteiger partial charge in [0.25, 0.3) is 0 Å². The molecule has 0 saturated carbocycles. The van der Waals surface area contributed by atoms with Gasteiger partial charge in [-0.15, -0.1) is 0 Å². The lowest BCUT2D eigenvalue weighted by atomic mass is 9.93. The normalized spacial score (nSPS) is 15.1. The van der Waals surface area contributed by atoms with Crippen LogP contribution in [0.1, 0.15) is 47.5 Å². The average molecular weight is 485 g/mol. The minimum atomic E-state index is -0.706. The van der Waals surface area contributed by atoms with Gasteiger partial charge < -0.3 is 10.0 Å². The summed E-state index contributed by atoms with van der Waals surface area (Å²) in [6.07, 6.45) is 2.00. The molecule has 0 amide bonds. The number of halogens is 1. The van der Waals surface area contributed by atoms with Crippen LogP contribution in [0.25, 0.3) is 16.7 Å². The van der Waals surface area contributed by atoms with Crippen LogP contribution in [-0.2, 0) is 4.79 Å². The number of piperidine rings is 1.